The topological polar surface area (TPSA) is 57.8 Å². The molecule has 0 radical (unpaired) electrons. The number of hydrogen-bond acceptors (Lipinski definition) is 2. The lowest BCUT2D eigenvalue weighted by atomic mass is 10.1. The van der Waals surface area contributed by atoms with Crippen molar-refractivity contribution < 1.29 is 4.79 Å². The number of rotatable bonds is 3. The van der Waals surface area contributed by atoms with Crippen LogP contribution >= 0.6 is 0 Å². The number of aromatic nitrogens is 2. The minimum absolute atomic E-state index is 0.0174. The van der Waals surface area contributed by atoms with Gasteiger partial charge in [0.25, 0.3) is 0 Å². The first kappa shape index (κ1) is 13.4. The Morgan fingerprint density at radius 2 is 2.05 bits per heavy atom. The van der Waals surface area contributed by atoms with Crippen LogP contribution in [0.4, 0.5) is 5.69 Å². The van der Waals surface area contributed by atoms with Gasteiger partial charge in [-0.25, -0.2) is 4.98 Å². The van der Waals surface area contributed by atoms with Crippen LogP contribution in [0.3, 0.4) is 0 Å². The van der Waals surface area contributed by atoms with Crippen molar-refractivity contribution in [1.82, 2.24) is 9.97 Å². The number of carbonyl (C=O) groups is 1. The van der Waals surface area contributed by atoms with E-state index in [0.717, 1.165) is 33.7 Å². The number of nitrogens with one attached hydrogen (secondary N) is 2. The Labute approximate surface area is 123 Å². The molecule has 2 N–H and O–H groups in total. The molecule has 0 atom stereocenters. The molecule has 2 aromatic carbocycles. The summed E-state index contributed by atoms with van der Waals surface area (Å²) in [5.41, 5.74) is 4.80. The van der Waals surface area contributed by atoms with Crippen molar-refractivity contribution in [3.8, 4) is 0 Å². The van der Waals surface area contributed by atoms with Crippen LogP contribution in [-0.2, 0) is 11.2 Å². The SMILES string of the molecule is Cc1cccc(CC(=O)Nc2ccc3nc(C)[nH]c3c2)c1. The van der Waals surface area contributed by atoms with Crippen LogP contribution in [0.15, 0.2) is 42.5 Å². The Balaban J connectivity index is 1.73. The molecule has 1 heterocycles. The molecule has 1 aromatic heterocycles. The summed E-state index contributed by atoms with van der Waals surface area (Å²) < 4.78 is 0. The van der Waals surface area contributed by atoms with Crippen molar-refractivity contribution in [3.05, 3.63) is 59.4 Å². The number of imidazole rings is 1. The van der Waals surface area contributed by atoms with Crippen molar-refractivity contribution in [2.45, 2.75) is 20.3 Å². The van der Waals surface area contributed by atoms with E-state index in [0.29, 0.717) is 6.42 Å². The number of fused-ring (bicyclic) bond motifs is 1. The van der Waals surface area contributed by atoms with E-state index in [2.05, 4.69) is 15.3 Å². The van der Waals surface area contributed by atoms with E-state index >= 15 is 0 Å². The Kier molecular flexibility index (Phi) is 3.44. The Morgan fingerprint density at radius 1 is 1.19 bits per heavy atom. The van der Waals surface area contributed by atoms with Gasteiger partial charge < -0.3 is 10.3 Å². The molecule has 106 valence electrons. The van der Waals surface area contributed by atoms with Gasteiger partial charge in [0.1, 0.15) is 5.82 Å². The zero-order valence-corrected chi connectivity index (χ0v) is 12.1. The highest BCUT2D eigenvalue weighted by atomic mass is 16.1. The van der Waals surface area contributed by atoms with E-state index in [1.807, 2.05) is 56.3 Å². The van der Waals surface area contributed by atoms with Crippen LogP contribution in [0.2, 0.25) is 0 Å². The van der Waals surface area contributed by atoms with Gasteiger partial charge in [0.15, 0.2) is 0 Å². The molecule has 0 saturated heterocycles. The molecule has 0 saturated carbocycles. The average Bonchev–Trinajstić information content (AvgIpc) is 2.78. The van der Waals surface area contributed by atoms with Gasteiger partial charge in [-0.1, -0.05) is 29.8 Å². The van der Waals surface area contributed by atoms with Crippen molar-refractivity contribution in [1.29, 1.82) is 0 Å². The van der Waals surface area contributed by atoms with Gasteiger partial charge in [0.05, 0.1) is 17.5 Å². The quantitative estimate of drug-likeness (QED) is 0.772. The van der Waals surface area contributed by atoms with Crippen LogP contribution in [0, 0.1) is 13.8 Å². The monoisotopic (exact) mass is 279 g/mol. The van der Waals surface area contributed by atoms with Gasteiger partial charge in [0.2, 0.25) is 5.91 Å². The number of anilines is 1. The fourth-order valence-electron chi connectivity index (χ4n) is 2.43. The molecule has 0 unspecified atom stereocenters. The van der Waals surface area contributed by atoms with Gasteiger partial charge in [0, 0.05) is 5.69 Å². The first-order valence-corrected chi connectivity index (χ1v) is 6.92. The van der Waals surface area contributed by atoms with Crippen molar-refractivity contribution in [3.63, 3.8) is 0 Å². The normalized spacial score (nSPS) is 10.8. The molecular weight excluding hydrogens is 262 g/mol. The third kappa shape index (κ3) is 3.11. The summed E-state index contributed by atoms with van der Waals surface area (Å²) >= 11 is 0. The average molecular weight is 279 g/mol. The van der Waals surface area contributed by atoms with Gasteiger partial charge in [-0.2, -0.15) is 0 Å². The number of aryl methyl sites for hydroxylation is 2. The molecule has 0 aliphatic rings. The molecule has 0 aliphatic heterocycles. The molecular formula is C17H17N3O. The maximum absolute atomic E-state index is 12.1. The second-order valence-electron chi connectivity index (χ2n) is 5.27. The van der Waals surface area contributed by atoms with Crippen LogP contribution < -0.4 is 5.32 Å². The number of aromatic amines is 1. The lowest BCUT2D eigenvalue weighted by molar-refractivity contribution is -0.115. The molecule has 1 amide bonds. The minimum Gasteiger partial charge on any atom is -0.342 e. The number of carbonyl (C=O) groups excluding carboxylic acids is 1. The fourth-order valence-corrected chi connectivity index (χ4v) is 2.43. The zero-order valence-electron chi connectivity index (χ0n) is 12.1. The minimum atomic E-state index is -0.0174. The van der Waals surface area contributed by atoms with Gasteiger partial charge >= 0.3 is 0 Å². The molecule has 3 aromatic rings. The van der Waals surface area contributed by atoms with Crippen LogP contribution in [-0.4, -0.2) is 15.9 Å². The van der Waals surface area contributed by atoms with Crippen molar-refractivity contribution in [2.75, 3.05) is 5.32 Å². The number of hydrogen-bond donors (Lipinski definition) is 2. The molecule has 0 bridgehead atoms. The lowest BCUT2D eigenvalue weighted by Gasteiger charge is -2.06. The van der Waals surface area contributed by atoms with E-state index in [1.165, 1.54) is 0 Å². The Morgan fingerprint density at radius 3 is 2.86 bits per heavy atom. The summed E-state index contributed by atoms with van der Waals surface area (Å²) in [5, 5.41) is 2.92. The molecule has 21 heavy (non-hydrogen) atoms. The van der Waals surface area contributed by atoms with E-state index in [-0.39, 0.29) is 5.91 Å². The van der Waals surface area contributed by atoms with E-state index < -0.39 is 0 Å². The number of amides is 1. The largest absolute Gasteiger partial charge is 0.342 e. The van der Waals surface area contributed by atoms with Gasteiger partial charge in [-0.3, -0.25) is 4.79 Å². The molecule has 0 fully saturated rings. The van der Waals surface area contributed by atoms with Crippen LogP contribution in [0.1, 0.15) is 17.0 Å². The first-order valence-electron chi connectivity index (χ1n) is 6.92. The highest BCUT2D eigenvalue weighted by Gasteiger charge is 2.06. The van der Waals surface area contributed by atoms with Crippen molar-refractivity contribution >= 4 is 22.6 Å². The van der Waals surface area contributed by atoms with Gasteiger partial charge in [-0.05, 0) is 37.6 Å². The maximum atomic E-state index is 12.1. The summed E-state index contributed by atoms with van der Waals surface area (Å²) in [6.07, 6.45) is 0.377. The zero-order chi connectivity index (χ0) is 14.8. The third-order valence-electron chi connectivity index (χ3n) is 3.33. The molecule has 4 nitrogen and oxygen atoms in total. The highest BCUT2D eigenvalue weighted by molar-refractivity contribution is 5.94. The maximum Gasteiger partial charge on any atom is 0.228 e. The van der Waals surface area contributed by atoms with Crippen LogP contribution in [0.5, 0.6) is 0 Å². The number of nitrogens with zero attached hydrogens (tertiary/aromatic N) is 1. The standard InChI is InChI=1S/C17H17N3O/c1-11-4-3-5-13(8-11)9-17(21)20-14-6-7-15-16(10-14)19-12(2)18-15/h3-8,10H,9H2,1-2H3,(H,18,19)(H,20,21). The van der Waals surface area contributed by atoms with E-state index in [9.17, 15) is 4.79 Å². The molecule has 4 heteroatoms. The Hall–Kier alpha value is -2.62. The second-order valence-corrected chi connectivity index (χ2v) is 5.27. The smallest absolute Gasteiger partial charge is 0.228 e. The predicted molar refractivity (Wildman–Crippen MR) is 84.3 cm³/mol. The molecule has 3 rings (SSSR count). The molecule has 0 aliphatic carbocycles. The summed E-state index contributed by atoms with van der Waals surface area (Å²) in [7, 11) is 0. The third-order valence-corrected chi connectivity index (χ3v) is 3.33. The summed E-state index contributed by atoms with van der Waals surface area (Å²) in [5.74, 6) is 0.851. The van der Waals surface area contributed by atoms with E-state index in [1.54, 1.807) is 0 Å². The first-order chi connectivity index (χ1) is 10.1. The van der Waals surface area contributed by atoms with E-state index in [4.69, 9.17) is 0 Å². The lowest BCUT2D eigenvalue weighted by Crippen LogP contribution is -2.14. The number of benzene rings is 2. The number of H-pyrrole nitrogens is 1. The predicted octanol–water partition coefficient (Wildman–Crippen LogP) is 3.36. The molecule has 0 spiro atoms. The van der Waals surface area contributed by atoms with Crippen molar-refractivity contribution in [2.24, 2.45) is 0 Å². The summed E-state index contributed by atoms with van der Waals surface area (Å²) in [4.78, 5) is 19.6. The highest BCUT2D eigenvalue weighted by Crippen LogP contribution is 2.17. The second kappa shape index (κ2) is 5.40. The summed E-state index contributed by atoms with van der Waals surface area (Å²) in [6, 6.07) is 13.7. The van der Waals surface area contributed by atoms with Gasteiger partial charge in [-0.15, -0.1) is 0 Å². The van der Waals surface area contributed by atoms with Crippen LogP contribution in [0.25, 0.3) is 11.0 Å². The Bertz CT molecular complexity index is 805. The summed E-state index contributed by atoms with van der Waals surface area (Å²) in [6.45, 7) is 3.94. The fraction of sp³-hybridized carbons (Fsp3) is 0.176.